The lowest BCUT2D eigenvalue weighted by molar-refractivity contribution is 0.0103. The highest BCUT2D eigenvalue weighted by Crippen LogP contribution is 2.42. The van der Waals surface area contributed by atoms with Gasteiger partial charge in [-0.1, -0.05) is 31.7 Å². The molecular weight excluding hydrogens is 276 g/mol. The highest BCUT2D eigenvalue weighted by Gasteiger charge is 2.48. The van der Waals surface area contributed by atoms with Gasteiger partial charge in [-0.3, -0.25) is 4.90 Å². The Kier molecular flexibility index (Phi) is 3.85. The Morgan fingerprint density at radius 2 is 1.86 bits per heavy atom. The van der Waals surface area contributed by atoms with Crippen LogP contribution in [0.25, 0.3) is 0 Å². The van der Waals surface area contributed by atoms with Crippen LogP contribution in [-0.4, -0.2) is 35.6 Å². The zero-order chi connectivity index (χ0) is 14.2. The molecule has 2 nitrogen and oxygen atoms in total. The number of nitrogens with zero attached hydrogens (tertiary/aromatic N) is 1. The number of thiophene rings is 1. The predicted molar refractivity (Wildman–Crippen MR) is 90.0 cm³/mol. The van der Waals surface area contributed by atoms with Crippen molar-refractivity contribution in [2.24, 2.45) is 0 Å². The molecule has 0 aromatic carbocycles. The first kappa shape index (κ1) is 14.2. The first-order valence-electron chi connectivity index (χ1n) is 8.83. The van der Waals surface area contributed by atoms with Gasteiger partial charge in [-0.2, -0.15) is 0 Å². The molecule has 1 aliphatic heterocycles. The first-order chi connectivity index (χ1) is 10.3. The van der Waals surface area contributed by atoms with E-state index in [1.54, 1.807) is 4.88 Å². The maximum atomic E-state index is 4.01. The third kappa shape index (κ3) is 2.69. The van der Waals surface area contributed by atoms with Crippen LogP contribution in [0.15, 0.2) is 17.5 Å². The zero-order valence-corrected chi connectivity index (χ0v) is 13.9. The van der Waals surface area contributed by atoms with Crippen molar-refractivity contribution in [3.8, 4) is 0 Å². The summed E-state index contributed by atoms with van der Waals surface area (Å²) in [5.74, 6) is 0. The molecule has 1 N–H and O–H groups in total. The Morgan fingerprint density at radius 1 is 1.10 bits per heavy atom. The molecule has 0 bridgehead atoms. The molecule has 2 aliphatic carbocycles. The molecule has 1 aromatic heterocycles. The van der Waals surface area contributed by atoms with Crippen molar-refractivity contribution in [2.75, 3.05) is 19.6 Å². The van der Waals surface area contributed by atoms with Gasteiger partial charge in [-0.05, 0) is 43.6 Å². The molecule has 3 fully saturated rings. The third-order valence-corrected chi connectivity index (χ3v) is 7.20. The zero-order valence-electron chi connectivity index (χ0n) is 13.1. The summed E-state index contributed by atoms with van der Waals surface area (Å²) in [5, 5.41) is 6.23. The second kappa shape index (κ2) is 5.68. The predicted octanol–water partition coefficient (Wildman–Crippen LogP) is 3.82. The number of hydrogen-bond acceptors (Lipinski definition) is 3. The Labute approximate surface area is 132 Å². The van der Waals surface area contributed by atoms with E-state index in [9.17, 15) is 0 Å². The molecule has 1 saturated heterocycles. The van der Waals surface area contributed by atoms with Gasteiger partial charge in [0.25, 0.3) is 0 Å². The molecule has 21 heavy (non-hydrogen) atoms. The largest absolute Gasteiger partial charge is 0.308 e. The molecule has 0 atom stereocenters. The second-order valence-electron chi connectivity index (χ2n) is 7.52. The molecule has 2 heterocycles. The Balaban J connectivity index is 1.49. The minimum Gasteiger partial charge on any atom is -0.308 e. The van der Waals surface area contributed by atoms with E-state index in [2.05, 4.69) is 27.7 Å². The fourth-order valence-electron chi connectivity index (χ4n) is 4.98. The van der Waals surface area contributed by atoms with Crippen molar-refractivity contribution < 1.29 is 0 Å². The van der Waals surface area contributed by atoms with Crippen LogP contribution in [0.3, 0.4) is 0 Å². The number of rotatable bonds is 3. The second-order valence-corrected chi connectivity index (χ2v) is 8.56. The van der Waals surface area contributed by atoms with Crippen molar-refractivity contribution in [3.63, 3.8) is 0 Å². The summed E-state index contributed by atoms with van der Waals surface area (Å²) in [6, 6.07) is 4.50. The summed E-state index contributed by atoms with van der Waals surface area (Å²) >= 11 is 1.92. The number of hydrogen-bond donors (Lipinski definition) is 1. The lowest BCUT2D eigenvalue weighted by atomic mass is 9.84. The minimum atomic E-state index is 0.462. The van der Waals surface area contributed by atoms with E-state index in [0.29, 0.717) is 11.1 Å². The Morgan fingerprint density at radius 3 is 2.57 bits per heavy atom. The summed E-state index contributed by atoms with van der Waals surface area (Å²) in [6.45, 7) is 3.82. The molecule has 0 radical (unpaired) electrons. The molecule has 4 rings (SSSR count). The van der Waals surface area contributed by atoms with Crippen molar-refractivity contribution in [1.82, 2.24) is 10.2 Å². The van der Waals surface area contributed by atoms with Crippen LogP contribution in [-0.2, 0) is 6.42 Å². The quantitative estimate of drug-likeness (QED) is 0.913. The molecule has 3 heteroatoms. The van der Waals surface area contributed by atoms with E-state index in [-0.39, 0.29) is 0 Å². The topological polar surface area (TPSA) is 15.3 Å². The monoisotopic (exact) mass is 304 g/mol. The standard InChI is InChI=1S/C18H28N2S/c1-2-9-17(8-1)15-20(12-7-16-6-5-13-21-16)18(14-19-17)10-3-4-11-18/h5-6,13,19H,1-4,7-12,14-15H2. The lowest BCUT2D eigenvalue weighted by Crippen LogP contribution is -2.68. The summed E-state index contributed by atoms with van der Waals surface area (Å²) in [5.41, 5.74) is 0.953. The molecule has 0 unspecified atom stereocenters. The first-order valence-corrected chi connectivity index (χ1v) is 9.71. The highest BCUT2D eigenvalue weighted by atomic mass is 32.1. The van der Waals surface area contributed by atoms with Gasteiger partial charge in [-0.15, -0.1) is 11.3 Å². The van der Waals surface area contributed by atoms with Gasteiger partial charge in [0.1, 0.15) is 0 Å². The van der Waals surface area contributed by atoms with Crippen LogP contribution >= 0.6 is 11.3 Å². The van der Waals surface area contributed by atoms with E-state index in [1.807, 2.05) is 11.3 Å². The summed E-state index contributed by atoms with van der Waals surface area (Å²) < 4.78 is 0. The van der Waals surface area contributed by atoms with Crippen LogP contribution in [0, 0.1) is 0 Å². The van der Waals surface area contributed by atoms with E-state index in [4.69, 9.17) is 0 Å². The van der Waals surface area contributed by atoms with Crippen molar-refractivity contribution >= 4 is 11.3 Å². The lowest BCUT2D eigenvalue weighted by Gasteiger charge is -2.53. The summed E-state index contributed by atoms with van der Waals surface area (Å²) in [4.78, 5) is 4.46. The number of nitrogens with one attached hydrogen (secondary N) is 1. The van der Waals surface area contributed by atoms with Gasteiger partial charge in [0.05, 0.1) is 0 Å². The van der Waals surface area contributed by atoms with Crippen LogP contribution in [0.1, 0.15) is 56.2 Å². The normalized spacial score (nSPS) is 27.8. The van der Waals surface area contributed by atoms with Crippen molar-refractivity contribution in [1.29, 1.82) is 0 Å². The Hall–Kier alpha value is -0.380. The fourth-order valence-corrected chi connectivity index (χ4v) is 5.68. The molecular formula is C18H28N2S. The van der Waals surface area contributed by atoms with Gasteiger partial charge >= 0.3 is 0 Å². The molecule has 3 aliphatic rings. The molecule has 2 saturated carbocycles. The smallest absolute Gasteiger partial charge is 0.0335 e. The highest BCUT2D eigenvalue weighted by molar-refractivity contribution is 7.09. The van der Waals surface area contributed by atoms with E-state index in [0.717, 1.165) is 0 Å². The maximum Gasteiger partial charge on any atom is 0.0335 e. The fraction of sp³-hybridized carbons (Fsp3) is 0.778. The summed E-state index contributed by atoms with van der Waals surface area (Å²) in [7, 11) is 0. The van der Waals surface area contributed by atoms with Crippen molar-refractivity contribution in [3.05, 3.63) is 22.4 Å². The van der Waals surface area contributed by atoms with Gasteiger partial charge in [0.15, 0.2) is 0 Å². The van der Waals surface area contributed by atoms with Gasteiger partial charge < -0.3 is 5.32 Å². The van der Waals surface area contributed by atoms with E-state index in [1.165, 1.54) is 77.4 Å². The average molecular weight is 305 g/mol. The van der Waals surface area contributed by atoms with Gasteiger partial charge in [-0.25, -0.2) is 0 Å². The Bertz CT molecular complexity index is 456. The summed E-state index contributed by atoms with van der Waals surface area (Å²) in [6.07, 6.45) is 12.6. The van der Waals surface area contributed by atoms with Crippen LogP contribution in [0.4, 0.5) is 0 Å². The molecule has 116 valence electrons. The van der Waals surface area contributed by atoms with Gasteiger partial charge in [0, 0.05) is 35.6 Å². The van der Waals surface area contributed by atoms with Crippen molar-refractivity contribution in [2.45, 2.75) is 68.9 Å². The SMILES string of the molecule is c1csc(CCN2CC3(CCCC3)NCC23CCCC3)c1. The minimum absolute atomic E-state index is 0.462. The van der Waals surface area contributed by atoms with Crippen LogP contribution < -0.4 is 5.32 Å². The molecule has 0 amide bonds. The van der Waals surface area contributed by atoms with Crippen LogP contribution in [0.5, 0.6) is 0 Å². The molecule has 2 spiro atoms. The number of piperazine rings is 1. The van der Waals surface area contributed by atoms with E-state index < -0.39 is 0 Å². The van der Waals surface area contributed by atoms with E-state index >= 15 is 0 Å². The van der Waals surface area contributed by atoms with Crippen LogP contribution in [0.2, 0.25) is 0 Å². The third-order valence-electron chi connectivity index (χ3n) is 6.26. The van der Waals surface area contributed by atoms with Gasteiger partial charge in [0.2, 0.25) is 0 Å². The molecule has 1 aromatic rings. The average Bonchev–Trinajstić information content (AvgIpc) is 3.23. The maximum absolute atomic E-state index is 4.01.